The minimum absolute atomic E-state index is 0.198. The molecule has 0 unspecified atom stereocenters. The number of amides is 1. The fourth-order valence-corrected chi connectivity index (χ4v) is 2.94. The molecule has 4 rings (SSSR count). The molecule has 1 amide bonds. The van der Waals surface area contributed by atoms with E-state index < -0.39 is 0 Å². The van der Waals surface area contributed by atoms with E-state index in [9.17, 15) is 9.59 Å². The summed E-state index contributed by atoms with van der Waals surface area (Å²) in [6, 6.07) is 16.9. The van der Waals surface area contributed by atoms with E-state index >= 15 is 0 Å². The average Bonchev–Trinajstić information content (AvgIpc) is 3.12. The number of benzene rings is 2. The van der Waals surface area contributed by atoms with Gasteiger partial charge in [-0.05, 0) is 11.6 Å². The number of hydrogen-bond acceptors (Lipinski definition) is 4. The Morgan fingerprint density at radius 2 is 1.74 bits per heavy atom. The van der Waals surface area contributed by atoms with Crippen LogP contribution in [0.4, 0.5) is 5.69 Å². The minimum Gasteiger partial charge on any atom is -0.318 e. The molecule has 0 spiro atoms. The minimum atomic E-state index is -0.388. The summed E-state index contributed by atoms with van der Waals surface area (Å²) in [5.74, 6) is -0.388. The number of fused-ring (bicyclic) bond motifs is 1. The van der Waals surface area contributed by atoms with Gasteiger partial charge in [0, 0.05) is 18.6 Å². The van der Waals surface area contributed by atoms with Crippen LogP contribution in [-0.4, -0.2) is 25.5 Å². The van der Waals surface area contributed by atoms with E-state index in [-0.39, 0.29) is 17.2 Å². The maximum atomic E-state index is 12.7. The van der Waals surface area contributed by atoms with Gasteiger partial charge in [0.25, 0.3) is 11.5 Å². The maximum Gasteiger partial charge on any atom is 0.276 e. The lowest BCUT2D eigenvalue weighted by molar-refractivity contribution is 0.102. The van der Waals surface area contributed by atoms with Gasteiger partial charge in [0.15, 0.2) is 5.69 Å². The lowest BCUT2D eigenvalue weighted by Crippen LogP contribution is -2.25. The van der Waals surface area contributed by atoms with Crippen molar-refractivity contribution < 1.29 is 4.79 Å². The lowest BCUT2D eigenvalue weighted by atomic mass is 10.1. The molecule has 0 bridgehead atoms. The Hall–Kier alpha value is -3.74. The molecule has 134 valence electrons. The van der Waals surface area contributed by atoms with Gasteiger partial charge < -0.3 is 5.32 Å². The van der Waals surface area contributed by atoms with Crippen molar-refractivity contribution in [3.8, 4) is 0 Å². The molecule has 4 aromatic rings. The van der Waals surface area contributed by atoms with E-state index in [0.29, 0.717) is 23.0 Å². The van der Waals surface area contributed by atoms with E-state index in [2.05, 4.69) is 15.5 Å². The zero-order valence-corrected chi connectivity index (χ0v) is 14.7. The first-order valence-corrected chi connectivity index (χ1v) is 8.45. The highest BCUT2D eigenvalue weighted by Gasteiger charge is 2.16. The van der Waals surface area contributed by atoms with Crippen LogP contribution < -0.4 is 10.9 Å². The zero-order valence-electron chi connectivity index (χ0n) is 14.7. The first kappa shape index (κ1) is 16.7. The Morgan fingerprint density at radius 3 is 2.52 bits per heavy atom. The van der Waals surface area contributed by atoms with Gasteiger partial charge >= 0.3 is 0 Å². The fraction of sp³-hybridized carbons (Fsp3) is 0.100. The van der Waals surface area contributed by atoms with Crippen molar-refractivity contribution in [3.05, 3.63) is 88.6 Å². The SMILES string of the molecule is Cn1nc(C(=O)Nc2cnn(Cc3ccccc3)c2)c2ccccc2c1=O. The number of hydrogen-bond donors (Lipinski definition) is 1. The molecule has 0 aliphatic rings. The largest absolute Gasteiger partial charge is 0.318 e. The summed E-state index contributed by atoms with van der Waals surface area (Å²) < 4.78 is 2.92. The molecule has 7 nitrogen and oxygen atoms in total. The van der Waals surface area contributed by atoms with Crippen molar-refractivity contribution in [1.82, 2.24) is 19.6 Å². The number of aryl methyl sites for hydroxylation is 1. The van der Waals surface area contributed by atoms with Crippen molar-refractivity contribution in [1.29, 1.82) is 0 Å². The van der Waals surface area contributed by atoms with Crippen LogP contribution in [0.2, 0.25) is 0 Å². The normalized spacial score (nSPS) is 10.9. The second-order valence-corrected chi connectivity index (χ2v) is 6.19. The van der Waals surface area contributed by atoms with Crippen molar-refractivity contribution in [2.24, 2.45) is 7.05 Å². The molecule has 0 saturated carbocycles. The summed E-state index contributed by atoms with van der Waals surface area (Å²) in [6.07, 6.45) is 3.35. The number of carbonyl (C=O) groups excluding carboxylic acids is 1. The highest BCUT2D eigenvalue weighted by molar-refractivity contribution is 6.10. The molecule has 2 aromatic heterocycles. The summed E-state index contributed by atoms with van der Waals surface area (Å²) in [7, 11) is 1.53. The predicted molar refractivity (Wildman–Crippen MR) is 103 cm³/mol. The standard InChI is InChI=1S/C20H17N5O2/c1-24-20(27)17-10-6-5-9-16(17)18(23-24)19(26)22-15-11-21-25(13-15)12-14-7-3-2-4-8-14/h2-11,13H,12H2,1H3,(H,22,26). The Kier molecular flexibility index (Phi) is 4.25. The molecule has 0 atom stereocenters. The number of nitrogens with one attached hydrogen (secondary N) is 1. The number of rotatable bonds is 4. The van der Waals surface area contributed by atoms with Gasteiger partial charge in [-0.2, -0.15) is 10.2 Å². The van der Waals surface area contributed by atoms with Crippen LogP contribution in [0.15, 0.2) is 71.8 Å². The molecule has 27 heavy (non-hydrogen) atoms. The van der Waals surface area contributed by atoms with Crippen molar-refractivity contribution in [2.45, 2.75) is 6.54 Å². The Balaban J connectivity index is 1.59. The number of nitrogens with zero attached hydrogens (tertiary/aromatic N) is 4. The Morgan fingerprint density at radius 1 is 1.04 bits per heavy atom. The van der Waals surface area contributed by atoms with Crippen molar-refractivity contribution in [2.75, 3.05) is 5.32 Å². The van der Waals surface area contributed by atoms with Crippen LogP contribution in [0.3, 0.4) is 0 Å². The summed E-state index contributed by atoms with van der Waals surface area (Å²) >= 11 is 0. The smallest absolute Gasteiger partial charge is 0.276 e. The van der Waals surface area contributed by atoms with Crippen LogP contribution in [-0.2, 0) is 13.6 Å². The highest BCUT2D eigenvalue weighted by atomic mass is 16.2. The van der Waals surface area contributed by atoms with Gasteiger partial charge in [-0.25, -0.2) is 4.68 Å². The van der Waals surface area contributed by atoms with E-state index in [4.69, 9.17) is 0 Å². The van der Waals surface area contributed by atoms with Gasteiger partial charge in [0.1, 0.15) is 0 Å². The van der Waals surface area contributed by atoms with Gasteiger partial charge in [-0.3, -0.25) is 14.3 Å². The molecule has 0 radical (unpaired) electrons. The van der Waals surface area contributed by atoms with Crippen LogP contribution in [0.5, 0.6) is 0 Å². The van der Waals surface area contributed by atoms with E-state index in [1.165, 1.54) is 11.7 Å². The zero-order chi connectivity index (χ0) is 18.8. The molecule has 7 heteroatoms. The van der Waals surface area contributed by atoms with E-state index in [1.807, 2.05) is 30.3 Å². The second kappa shape index (κ2) is 6.87. The van der Waals surface area contributed by atoms with Crippen LogP contribution in [0.1, 0.15) is 16.1 Å². The fourth-order valence-electron chi connectivity index (χ4n) is 2.94. The number of carbonyl (C=O) groups is 1. The molecule has 2 heterocycles. The van der Waals surface area contributed by atoms with Crippen molar-refractivity contribution in [3.63, 3.8) is 0 Å². The monoisotopic (exact) mass is 359 g/mol. The lowest BCUT2D eigenvalue weighted by Gasteiger charge is -2.07. The number of aromatic nitrogens is 4. The highest BCUT2D eigenvalue weighted by Crippen LogP contribution is 2.15. The first-order chi connectivity index (χ1) is 13.1. The molecule has 0 aliphatic heterocycles. The molecule has 2 aromatic carbocycles. The van der Waals surface area contributed by atoms with Gasteiger partial charge in [-0.15, -0.1) is 0 Å². The van der Waals surface area contributed by atoms with E-state index in [1.54, 1.807) is 41.3 Å². The summed E-state index contributed by atoms with van der Waals surface area (Å²) in [4.78, 5) is 24.9. The van der Waals surface area contributed by atoms with Gasteiger partial charge in [0.05, 0.1) is 23.8 Å². The molecular formula is C20H17N5O2. The first-order valence-electron chi connectivity index (χ1n) is 8.45. The third kappa shape index (κ3) is 3.35. The molecule has 1 N–H and O–H groups in total. The van der Waals surface area contributed by atoms with Crippen LogP contribution >= 0.6 is 0 Å². The third-order valence-corrected chi connectivity index (χ3v) is 4.25. The Labute approximate surface area is 154 Å². The summed E-state index contributed by atoms with van der Waals surface area (Å²) in [5.41, 5.74) is 1.64. The third-order valence-electron chi connectivity index (χ3n) is 4.25. The number of anilines is 1. The molecule has 0 aliphatic carbocycles. The quantitative estimate of drug-likeness (QED) is 0.607. The second-order valence-electron chi connectivity index (χ2n) is 6.19. The summed E-state index contributed by atoms with van der Waals surface area (Å²) in [5, 5.41) is 12.2. The maximum absolute atomic E-state index is 12.7. The predicted octanol–water partition coefficient (Wildman–Crippen LogP) is 2.43. The van der Waals surface area contributed by atoms with Gasteiger partial charge in [0.2, 0.25) is 0 Å². The summed E-state index contributed by atoms with van der Waals surface area (Å²) in [6.45, 7) is 0.609. The van der Waals surface area contributed by atoms with Crippen LogP contribution in [0, 0.1) is 0 Å². The average molecular weight is 359 g/mol. The molecule has 0 saturated heterocycles. The molecular weight excluding hydrogens is 342 g/mol. The van der Waals surface area contributed by atoms with Crippen LogP contribution in [0.25, 0.3) is 10.8 Å². The topological polar surface area (TPSA) is 81.8 Å². The van der Waals surface area contributed by atoms with Gasteiger partial charge in [-0.1, -0.05) is 48.5 Å². The van der Waals surface area contributed by atoms with Crippen molar-refractivity contribution >= 4 is 22.4 Å². The van der Waals surface area contributed by atoms with E-state index in [0.717, 1.165) is 5.56 Å². The Bertz CT molecular complexity index is 1180. The molecule has 0 fully saturated rings.